The van der Waals surface area contributed by atoms with Gasteiger partial charge in [-0.05, 0) is 61.1 Å². The molecule has 0 spiro atoms. The number of fused-ring (bicyclic) bond motifs is 1. The quantitative estimate of drug-likeness (QED) is 0.783. The van der Waals surface area contributed by atoms with Crippen LogP contribution in [0.2, 0.25) is 0 Å². The van der Waals surface area contributed by atoms with Gasteiger partial charge in [-0.25, -0.2) is 0 Å². The molecule has 2 heteroatoms. The maximum atomic E-state index is 12.9. The number of carbonyl (C=O) groups excluding carboxylic acids is 1. The van der Waals surface area contributed by atoms with Crippen molar-refractivity contribution in [1.82, 2.24) is 0 Å². The van der Waals surface area contributed by atoms with Gasteiger partial charge in [0.15, 0.2) is 5.78 Å². The lowest BCUT2D eigenvalue weighted by atomic mass is 9.79. The number of methoxy groups -OCH3 is 1. The molecule has 0 amide bonds. The van der Waals surface area contributed by atoms with E-state index in [0.717, 1.165) is 36.1 Å². The van der Waals surface area contributed by atoms with Crippen molar-refractivity contribution in [2.75, 3.05) is 7.11 Å². The van der Waals surface area contributed by atoms with E-state index in [1.165, 1.54) is 11.1 Å². The average molecular weight is 280 g/mol. The van der Waals surface area contributed by atoms with Crippen molar-refractivity contribution in [1.29, 1.82) is 0 Å². The highest BCUT2D eigenvalue weighted by Crippen LogP contribution is 2.34. The fourth-order valence-electron chi connectivity index (χ4n) is 3.26. The molecule has 0 aliphatic heterocycles. The van der Waals surface area contributed by atoms with Gasteiger partial charge in [0.25, 0.3) is 0 Å². The van der Waals surface area contributed by atoms with Crippen LogP contribution >= 0.6 is 0 Å². The number of carbonyl (C=O) groups is 1. The minimum atomic E-state index is 0.00254. The zero-order chi connectivity index (χ0) is 14.8. The summed E-state index contributed by atoms with van der Waals surface area (Å²) in [5.74, 6) is 1.06. The van der Waals surface area contributed by atoms with E-state index in [0.29, 0.717) is 0 Å². The molecule has 1 aliphatic carbocycles. The van der Waals surface area contributed by atoms with E-state index in [1.807, 2.05) is 31.2 Å². The summed E-state index contributed by atoms with van der Waals surface area (Å²) in [6.45, 7) is 1.98. The second-order valence-corrected chi connectivity index (χ2v) is 5.69. The summed E-state index contributed by atoms with van der Waals surface area (Å²) in [5, 5.41) is 0. The van der Waals surface area contributed by atoms with E-state index in [4.69, 9.17) is 4.74 Å². The van der Waals surface area contributed by atoms with Gasteiger partial charge < -0.3 is 4.74 Å². The Morgan fingerprint density at radius 3 is 2.76 bits per heavy atom. The number of ketones is 1. The molecule has 0 saturated heterocycles. The van der Waals surface area contributed by atoms with Gasteiger partial charge in [0.1, 0.15) is 5.75 Å². The third-order valence-corrected chi connectivity index (χ3v) is 4.37. The number of rotatable bonds is 3. The van der Waals surface area contributed by atoms with E-state index in [1.54, 1.807) is 7.11 Å². The molecule has 0 N–H and O–H groups in total. The summed E-state index contributed by atoms with van der Waals surface area (Å²) in [7, 11) is 1.65. The Kier molecular flexibility index (Phi) is 3.78. The summed E-state index contributed by atoms with van der Waals surface area (Å²) < 4.78 is 5.27. The van der Waals surface area contributed by atoms with Gasteiger partial charge in [0, 0.05) is 11.5 Å². The molecule has 3 rings (SSSR count). The van der Waals surface area contributed by atoms with Crippen LogP contribution in [0.1, 0.15) is 45.8 Å². The van der Waals surface area contributed by atoms with Crippen LogP contribution in [-0.2, 0) is 6.42 Å². The molecule has 1 unspecified atom stereocenters. The molecule has 0 fully saturated rings. The van der Waals surface area contributed by atoms with E-state index in [-0.39, 0.29) is 11.7 Å². The smallest absolute Gasteiger partial charge is 0.170 e. The maximum absolute atomic E-state index is 12.9. The SMILES string of the molecule is COc1ccc(C(=O)C2CCCc3ccccc32)cc1C. The van der Waals surface area contributed by atoms with Crippen molar-refractivity contribution >= 4 is 5.78 Å². The first kappa shape index (κ1) is 13.9. The summed E-state index contributed by atoms with van der Waals surface area (Å²) in [6, 6.07) is 14.1. The molecule has 0 heterocycles. The standard InChI is InChI=1S/C19H20O2/c1-13-12-15(10-11-18(13)21-2)19(20)17-9-5-7-14-6-3-4-8-16(14)17/h3-4,6,8,10-12,17H,5,7,9H2,1-2H3. The van der Waals surface area contributed by atoms with E-state index >= 15 is 0 Å². The molecular weight excluding hydrogens is 260 g/mol. The van der Waals surface area contributed by atoms with E-state index < -0.39 is 0 Å². The van der Waals surface area contributed by atoms with Crippen LogP contribution in [0.5, 0.6) is 5.75 Å². The molecule has 0 bridgehead atoms. The zero-order valence-electron chi connectivity index (χ0n) is 12.6. The van der Waals surface area contributed by atoms with Gasteiger partial charge in [-0.2, -0.15) is 0 Å². The zero-order valence-corrected chi connectivity index (χ0v) is 12.6. The molecule has 2 aromatic rings. The van der Waals surface area contributed by atoms with E-state index in [2.05, 4.69) is 18.2 Å². The number of Topliss-reactive ketones (excluding diaryl/α,β-unsaturated/α-hetero) is 1. The van der Waals surface area contributed by atoms with E-state index in [9.17, 15) is 4.79 Å². The number of benzene rings is 2. The van der Waals surface area contributed by atoms with Crippen LogP contribution < -0.4 is 4.74 Å². The molecule has 21 heavy (non-hydrogen) atoms. The predicted octanol–water partition coefficient (Wildman–Crippen LogP) is 4.31. The van der Waals surface area contributed by atoms with Crippen LogP contribution in [0.25, 0.3) is 0 Å². The molecular formula is C19H20O2. The van der Waals surface area contributed by atoms with Gasteiger partial charge in [-0.1, -0.05) is 24.3 Å². The van der Waals surface area contributed by atoms with Crippen molar-refractivity contribution in [3.05, 3.63) is 64.7 Å². The minimum absolute atomic E-state index is 0.00254. The Morgan fingerprint density at radius 2 is 2.00 bits per heavy atom. The van der Waals surface area contributed by atoms with Gasteiger partial charge >= 0.3 is 0 Å². The van der Waals surface area contributed by atoms with Crippen LogP contribution in [0.15, 0.2) is 42.5 Å². The van der Waals surface area contributed by atoms with Crippen LogP contribution in [0.3, 0.4) is 0 Å². The molecule has 2 nitrogen and oxygen atoms in total. The van der Waals surface area contributed by atoms with Gasteiger partial charge in [-0.3, -0.25) is 4.79 Å². The summed E-state index contributed by atoms with van der Waals surface area (Å²) in [5.41, 5.74) is 4.33. The summed E-state index contributed by atoms with van der Waals surface area (Å²) in [4.78, 5) is 12.9. The fraction of sp³-hybridized carbons (Fsp3) is 0.316. The first-order valence-corrected chi connectivity index (χ1v) is 7.47. The highest BCUT2D eigenvalue weighted by Gasteiger charge is 2.27. The normalized spacial score (nSPS) is 17.1. The molecule has 2 aromatic carbocycles. The topological polar surface area (TPSA) is 26.3 Å². The van der Waals surface area contributed by atoms with Crippen LogP contribution in [-0.4, -0.2) is 12.9 Å². The number of hydrogen-bond donors (Lipinski definition) is 0. The number of hydrogen-bond acceptors (Lipinski definition) is 2. The monoisotopic (exact) mass is 280 g/mol. The highest BCUT2D eigenvalue weighted by molar-refractivity contribution is 6.01. The molecule has 0 saturated carbocycles. The van der Waals surface area contributed by atoms with Gasteiger partial charge in [-0.15, -0.1) is 0 Å². The molecule has 1 atom stereocenters. The van der Waals surface area contributed by atoms with Gasteiger partial charge in [0.05, 0.1) is 7.11 Å². The lowest BCUT2D eigenvalue weighted by molar-refractivity contribution is 0.0951. The summed E-state index contributed by atoms with van der Waals surface area (Å²) >= 11 is 0. The highest BCUT2D eigenvalue weighted by atomic mass is 16.5. The predicted molar refractivity (Wildman–Crippen MR) is 84.2 cm³/mol. The second kappa shape index (κ2) is 5.72. The lowest BCUT2D eigenvalue weighted by Crippen LogP contribution is -2.18. The van der Waals surface area contributed by atoms with Crippen molar-refractivity contribution in [3.63, 3.8) is 0 Å². The first-order chi connectivity index (χ1) is 10.2. The van der Waals surface area contributed by atoms with Crippen molar-refractivity contribution in [2.45, 2.75) is 32.1 Å². The Labute approximate surface area is 125 Å². The van der Waals surface area contributed by atoms with Crippen molar-refractivity contribution in [2.24, 2.45) is 0 Å². The third-order valence-electron chi connectivity index (χ3n) is 4.37. The second-order valence-electron chi connectivity index (χ2n) is 5.69. The Balaban J connectivity index is 1.95. The van der Waals surface area contributed by atoms with Crippen molar-refractivity contribution < 1.29 is 9.53 Å². The van der Waals surface area contributed by atoms with Crippen LogP contribution in [0, 0.1) is 6.92 Å². The minimum Gasteiger partial charge on any atom is -0.496 e. The largest absolute Gasteiger partial charge is 0.496 e. The van der Waals surface area contributed by atoms with Gasteiger partial charge in [0.2, 0.25) is 0 Å². The molecule has 108 valence electrons. The van der Waals surface area contributed by atoms with Crippen molar-refractivity contribution in [3.8, 4) is 5.75 Å². The third kappa shape index (κ3) is 2.58. The number of aryl methyl sites for hydroxylation is 2. The Hall–Kier alpha value is -2.09. The van der Waals surface area contributed by atoms with Crippen LogP contribution in [0.4, 0.5) is 0 Å². The Bertz CT molecular complexity index is 673. The Morgan fingerprint density at radius 1 is 1.19 bits per heavy atom. The molecule has 1 aliphatic rings. The summed E-state index contributed by atoms with van der Waals surface area (Å²) in [6.07, 6.45) is 3.12. The lowest BCUT2D eigenvalue weighted by Gasteiger charge is -2.24. The molecule has 0 aromatic heterocycles. The molecule has 0 radical (unpaired) electrons. The number of ether oxygens (including phenoxy) is 1. The maximum Gasteiger partial charge on any atom is 0.170 e. The first-order valence-electron chi connectivity index (χ1n) is 7.47. The fourth-order valence-corrected chi connectivity index (χ4v) is 3.26. The average Bonchev–Trinajstić information content (AvgIpc) is 2.53.